The zero-order valence-corrected chi connectivity index (χ0v) is 14.7. The smallest absolute Gasteiger partial charge is 0.145 e. The van der Waals surface area contributed by atoms with Crippen molar-refractivity contribution >= 4 is 27.5 Å². The van der Waals surface area contributed by atoms with Crippen LogP contribution in [0.25, 0.3) is 0 Å². The standard InChI is InChI=1S/C16H22BrClO2/c1-4-16(9-5-6-10-16)15(17)11-7-8-12(19-2)13(18)14(11)20-3/h7-8,15H,4-6,9-10H2,1-3H3. The number of methoxy groups -OCH3 is 2. The molecule has 4 heteroatoms. The minimum atomic E-state index is 0.265. The molecule has 0 heterocycles. The molecule has 2 rings (SSSR count). The van der Waals surface area contributed by atoms with Crippen LogP contribution in [0.2, 0.25) is 5.02 Å². The first-order valence-electron chi connectivity index (χ1n) is 7.14. The first-order valence-corrected chi connectivity index (χ1v) is 8.43. The van der Waals surface area contributed by atoms with Crippen LogP contribution in [-0.4, -0.2) is 14.2 Å². The normalized spacial score (nSPS) is 18.9. The van der Waals surface area contributed by atoms with Crippen molar-refractivity contribution in [1.82, 2.24) is 0 Å². The first kappa shape index (κ1) is 16.0. The van der Waals surface area contributed by atoms with Gasteiger partial charge in [0.15, 0.2) is 0 Å². The first-order chi connectivity index (χ1) is 9.59. The average Bonchev–Trinajstić information content (AvgIpc) is 2.96. The highest BCUT2D eigenvalue weighted by atomic mass is 79.9. The molecule has 0 amide bonds. The molecule has 1 fully saturated rings. The quantitative estimate of drug-likeness (QED) is 0.620. The molecule has 1 aromatic rings. The third-order valence-electron chi connectivity index (χ3n) is 4.63. The molecule has 2 nitrogen and oxygen atoms in total. The third kappa shape index (κ3) is 2.67. The monoisotopic (exact) mass is 360 g/mol. The molecule has 0 radical (unpaired) electrons. The van der Waals surface area contributed by atoms with Crippen LogP contribution < -0.4 is 9.47 Å². The highest BCUT2D eigenvalue weighted by Crippen LogP contribution is 2.56. The highest BCUT2D eigenvalue weighted by Gasteiger charge is 2.40. The van der Waals surface area contributed by atoms with Gasteiger partial charge in [0.05, 0.1) is 14.2 Å². The maximum absolute atomic E-state index is 6.38. The van der Waals surface area contributed by atoms with E-state index >= 15 is 0 Å². The van der Waals surface area contributed by atoms with E-state index in [0.717, 1.165) is 17.7 Å². The molecular weight excluding hydrogens is 340 g/mol. The van der Waals surface area contributed by atoms with Gasteiger partial charge in [-0.1, -0.05) is 53.4 Å². The lowest BCUT2D eigenvalue weighted by Gasteiger charge is -2.34. The second-order valence-electron chi connectivity index (χ2n) is 5.49. The largest absolute Gasteiger partial charge is 0.495 e. The Labute approximate surface area is 134 Å². The summed E-state index contributed by atoms with van der Waals surface area (Å²) in [7, 11) is 3.29. The van der Waals surface area contributed by atoms with E-state index in [9.17, 15) is 0 Å². The second kappa shape index (κ2) is 6.57. The molecule has 20 heavy (non-hydrogen) atoms. The van der Waals surface area contributed by atoms with Gasteiger partial charge in [0, 0.05) is 10.4 Å². The Kier molecular flexibility index (Phi) is 5.25. The number of halogens is 2. The van der Waals surface area contributed by atoms with Gasteiger partial charge in [0.1, 0.15) is 16.5 Å². The molecule has 0 aromatic heterocycles. The lowest BCUT2D eigenvalue weighted by atomic mass is 9.77. The van der Waals surface area contributed by atoms with Gasteiger partial charge in [-0.05, 0) is 30.7 Å². The molecule has 112 valence electrons. The van der Waals surface area contributed by atoms with Crippen LogP contribution in [0, 0.1) is 5.41 Å². The number of alkyl halides is 1. The average molecular weight is 362 g/mol. The SMILES string of the molecule is CCC1(C(Br)c2ccc(OC)c(Cl)c2OC)CCCC1. The van der Waals surface area contributed by atoms with Crippen molar-refractivity contribution in [2.75, 3.05) is 14.2 Å². The van der Waals surface area contributed by atoms with Crippen molar-refractivity contribution in [3.05, 3.63) is 22.7 Å². The van der Waals surface area contributed by atoms with Gasteiger partial charge in [-0.15, -0.1) is 0 Å². The maximum Gasteiger partial charge on any atom is 0.145 e. The summed E-state index contributed by atoms with van der Waals surface area (Å²) in [5, 5.41) is 0.557. The maximum atomic E-state index is 6.38. The fraction of sp³-hybridized carbons (Fsp3) is 0.625. The fourth-order valence-corrected chi connectivity index (χ4v) is 4.78. The third-order valence-corrected chi connectivity index (χ3v) is 6.45. The predicted molar refractivity (Wildman–Crippen MR) is 87.4 cm³/mol. The van der Waals surface area contributed by atoms with Gasteiger partial charge < -0.3 is 9.47 Å². The molecule has 1 saturated carbocycles. The number of rotatable bonds is 5. The predicted octanol–water partition coefficient (Wildman–Crippen LogP) is 5.76. The van der Waals surface area contributed by atoms with Crippen molar-refractivity contribution in [2.24, 2.45) is 5.41 Å². The summed E-state index contributed by atoms with van der Waals surface area (Å²) in [6, 6.07) is 3.99. The molecule has 1 aliphatic carbocycles. The van der Waals surface area contributed by atoms with Crippen LogP contribution >= 0.6 is 27.5 Å². The highest BCUT2D eigenvalue weighted by molar-refractivity contribution is 9.09. The molecule has 0 spiro atoms. The van der Waals surface area contributed by atoms with E-state index in [4.69, 9.17) is 21.1 Å². The molecule has 1 unspecified atom stereocenters. The summed E-state index contributed by atoms with van der Waals surface area (Å²) in [4.78, 5) is 0.265. The van der Waals surface area contributed by atoms with Gasteiger partial charge in [-0.25, -0.2) is 0 Å². The van der Waals surface area contributed by atoms with Crippen LogP contribution in [0.1, 0.15) is 49.4 Å². The van der Waals surface area contributed by atoms with Gasteiger partial charge in [0.25, 0.3) is 0 Å². The van der Waals surface area contributed by atoms with E-state index in [1.54, 1.807) is 14.2 Å². The summed E-state index contributed by atoms with van der Waals surface area (Å²) in [5.41, 5.74) is 1.44. The number of ether oxygens (including phenoxy) is 2. The fourth-order valence-electron chi connectivity index (χ4n) is 3.31. The van der Waals surface area contributed by atoms with E-state index in [-0.39, 0.29) is 4.83 Å². The number of benzene rings is 1. The van der Waals surface area contributed by atoms with E-state index < -0.39 is 0 Å². The Morgan fingerprint density at radius 1 is 1.25 bits per heavy atom. The lowest BCUT2D eigenvalue weighted by Crippen LogP contribution is -2.21. The van der Waals surface area contributed by atoms with Crippen molar-refractivity contribution in [3.63, 3.8) is 0 Å². The van der Waals surface area contributed by atoms with E-state index in [1.807, 2.05) is 6.07 Å². The Hall–Kier alpha value is -0.410. The van der Waals surface area contributed by atoms with E-state index in [2.05, 4.69) is 28.9 Å². The molecule has 1 aliphatic rings. The summed E-state index contributed by atoms with van der Waals surface area (Å²) >= 11 is 10.3. The lowest BCUT2D eigenvalue weighted by molar-refractivity contribution is 0.274. The van der Waals surface area contributed by atoms with Crippen molar-refractivity contribution in [2.45, 2.75) is 43.9 Å². The molecule has 1 aromatic carbocycles. The Balaban J connectivity index is 2.44. The number of hydrogen-bond acceptors (Lipinski definition) is 2. The van der Waals surface area contributed by atoms with Gasteiger partial charge in [-0.3, -0.25) is 0 Å². The van der Waals surface area contributed by atoms with Crippen LogP contribution in [-0.2, 0) is 0 Å². The second-order valence-corrected chi connectivity index (χ2v) is 6.78. The zero-order valence-electron chi connectivity index (χ0n) is 12.3. The minimum Gasteiger partial charge on any atom is -0.495 e. The van der Waals surface area contributed by atoms with Crippen molar-refractivity contribution < 1.29 is 9.47 Å². The molecule has 1 atom stereocenters. The minimum absolute atomic E-state index is 0.265. The van der Waals surface area contributed by atoms with Gasteiger partial charge >= 0.3 is 0 Å². The van der Waals surface area contributed by atoms with Gasteiger partial charge in [0.2, 0.25) is 0 Å². The van der Waals surface area contributed by atoms with E-state index in [0.29, 0.717) is 16.2 Å². The molecule has 0 N–H and O–H groups in total. The topological polar surface area (TPSA) is 18.5 Å². The van der Waals surface area contributed by atoms with Gasteiger partial charge in [-0.2, -0.15) is 0 Å². The zero-order chi connectivity index (χ0) is 14.8. The summed E-state index contributed by atoms with van der Waals surface area (Å²) in [6.07, 6.45) is 6.29. The molecule has 0 saturated heterocycles. The molecular formula is C16H22BrClO2. The Bertz CT molecular complexity index is 470. The van der Waals surface area contributed by atoms with E-state index in [1.165, 1.54) is 25.7 Å². The van der Waals surface area contributed by atoms with Crippen molar-refractivity contribution in [1.29, 1.82) is 0 Å². The summed E-state index contributed by atoms with van der Waals surface area (Å²) in [6.45, 7) is 2.27. The van der Waals surface area contributed by atoms with Crippen LogP contribution in [0.5, 0.6) is 11.5 Å². The number of hydrogen-bond donors (Lipinski definition) is 0. The van der Waals surface area contributed by atoms with Crippen LogP contribution in [0.15, 0.2) is 12.1 Å². The Morgan fingerprint density at radius 3 is 2.40 bits per heavy atom. The Morgan fingerprint density at radius 2 is 1.90 bits per heavy atom. The summed E-state index contributed by atoms with van der Waals surface area (Å²) in [5.74, 6) is 1.39. The summed E-state index contributed by atoms with van der Waals surface area (Å²) < 4.78 is 10.8. The molecule has 0 bridgehead atoms. The van der Waals surface area contributed by atoms with Crippen LogP contribution in [0.4, 0.5) is 0 Å². The van der Waals surface area contributed by atoms with Crippen molar-refractivity contribution in [3.8, 4) is 11.5 Å². The van der Waals surface area contributed by atoms with Crippen LogP contribution in [0.3, 0.4) is 0 Å². The molecule has 0 aliphatic heterocycles.